The molecule has 0 aliphatic heterocycles. The van der Waals surface area contributed by atoms with Gasteiger partial charge in [0.25, 0.3) is 0 Å². The van der Waals surface area contributed by atoms with Gasteiger partial charge in [0, 0.05) is 13.1 Å². The van der Waals surface area contributed by atoms with E-state index in [4.69, 9.17) is 9.94 Å². The molecule has 0 aliphatic carbocycles. The molecule has 2 aromatic rings. The predicted molar refractivity (Wildman–Crippen MR) is 101 cm³/mol. The van der Waals surface area contributed by atoms with E-state index in [0.717, 1.165) is 11.1 Å². The maximum Gasteiger partial charge on any atom is 0.573 e. The summed E-state index contributed by atoms with van der Waals surface area (Å²) in [6.45, 7) is 2.69. The van der Waals surface area contributed by atoms with Gasteiger partial charge in [-0.1, -0.05) is 41.6 Å². The fourth-order valence-corrected chi connectivity index (χ4v) is 2.38. The van der Waals surface area contributed by atoms with Gasteiger partial charge < -0.3 is 20.0 Å². The van der Waals surface area contributed by atoms with E-state index in [1.54, 1.807) is 13.0 Å². The molecule has 0 bridgehead atoms. The Balaban J connectivity index is 1.85. The summed E-state index contributed by atoms with van der Waals surface area (Å²) in [6.07, 6.45) is -4.68. The second-order valence-corrected chi connectivity index (χ2v) is 6.16. The van der Waals surface area contributed by atoms with Crippen LogP contribution in [-0.4, -0.2) is 29.7 Å². The largest absolute Gasteiger partial charge is 0.573 e. The molecule has 0 amide bonds. The molecule has 9 heteroatoms. The number of hydrogen-bond donors (Lipinski definition) is 2. The van der Waals surface area contributed by atoms with E-state index in [0.29, 0.717) is 24.4 Å². The molecule has 2 aromatic carbocycles. The fraction of sp³-hybridized carbons (Fsp3) is 0.300. The van der Waals surface area contributed by atoms with Crippen molar-refractivity contribution in [1.82, 2.24) is 5.32 Å². The van der Waals surface area contributed by atoms with Crippen molar-refractivity contribution < 1.29 is 32.6 Å². The highest BCUT2D eigenvalue weighted by atomic mass is 19.4. The van der Waals surface area contributed by atoms with Crippen LogP contribution in [0, 0.1) is 0 Å². The molecule has 2 rings (SSSR count). The lowest BCUT2D eigenvalue weighted by molar-refractivity contribution is -0.274. The standard InChI is InChI=1S/C20H21F3N2O4/c1-14(17-7-5-15(6-8-17)12-24-10-9-19(26)27)25-28-13-16-3-2-4-18(11-16)29-20(21,22)23/h2-8,11,24H,9-10,12-13H2,1H3,(H,26,27)/b25-14-. The number of oxime groups is 1. The maximum atomic E-state index is 12.3. The number of hydrogen-bond acceptors (Lipinski definition) is 5. The molecule has 0 saturated heterocycles. The first-order chi connectivity index (χ1) is 13.7. The Bertz CT molecular complexity index is 836. The van der Waals surface area contributed by atoms with Gasteiger partial charge in [0.1, 0.15) is 12.4 Å². The Morgan fingerprint density at radius 1 is 1.14 bits per heavy atom. The number of carboxylic acids is 1. The Morgan fingerprint density at radius 2 is 1.86 bits per heavy atom. The molecule has 0 radical (unpaired) electrons. The van der Waals surface area contributed by atoms with Crippen molar-refractivity contribution in [3.05, 3.63) is 65.2 Å². The molecule has 0 heterocycles. The van der Waals surface area contributed by atoms with Gasteiger partial charge in [-0.15, -0.1) is 13.2 Å². The number of carbonyl (C=O) groups is 1. The zero-order valence-corrected chi connectivity index (χ0v) is 15.7. The highest BCUT2D eigenvalue weighted by Crippen LogP contribution is 2.23. The molecule has 0 aromatic heterocycles. The van der Waals surface area contributed by atoms with Crippen LogP contribution in [0.4, 0.5) is 13.2 Å². The number of benzene rings is 2. The number of alkyl halides is 3. The topological polar surface area (TPSA) is 80.2 Å². The van der Waals surface area contributed by atoms with Gasteiger partial charge in [-0.2, -0.15) is 0 Å². The van der Waals surface area contributed by atoms with Crippen LogP contribution in [0.5, 0.6) is 5.75 Å². The second-order valence-electron chi connectivity index (χ2n) is 6.16. The Morgan fingerprint density at radius 3 is 2.52 bits per heavy atom. The molecule has 0 spiro atoms. The summed E-state index contributed by atoms with van der Waals surface area (Å²) in [5.74, 6) is -1.16. The van der Waals surface area contributed by atoms with E-state index in [1.165, 1.54) is 18.2 Å². The SMILES string of the molecule is C/C(=N/OCc1cccc(OC(F)(F)F)c1)c1ccc(CNCCC(=O)O)cc1. The minimum atomic E-state index is -4.74. The third-order valence-corrected chi connectivity index (χ3v) is 3.78. The quantitative estimate of drug-likeness (QED) is 0.350. The molecule has 2 N–H and O–H groups in total. The van der Waals surface area contributed by atoms with E-state index in [-0.39, 0.29) is 18.8 Å². The van der Waals surface area contributed by atoms with Crippen LogP contribution in [0.2, 0.25) is 0 Å². The van der Waals surface area contributed by atoms with Crippen LogP contribution in [0.25, 0.3) is 0 Å². The minimum absolute atomic E-state index is 0.00201. The smallest absolute Gasteiger partial charge is 0.481 e. The summed E-state index contributed by atoms with van der Waals surface area (Å²) in [7, 11) is 0. The molecule has 156 valence electrons. The first kappa shape index (κ1) is 22.2. The number of halogens is 3. The zero-order valence-electron chi connectivity index (χ0n) is 15.7. The van der Waals surface area contributed by atoms with Crippen LogP contribution < -0.4 is 10.1 Å². The Kier molecular flexibility index (Phi) is 8.02. The van der Waals surface area contributed by atoms with Crippen molar-refractivity contribution in [2.45, 2.75) is 32.9 Å². The molecule has 0 aliphatic rings. The van der Waals surface area contributed by atoms with E-state index in [1.807, 2.05) is 24.3 Å². The summed E-state index contributed by atoms with van der Waals surface area (Å²) in [6, 6.07) is 13.0. The Hall–Kier alpha value is -3.07. The van der Waals surface area contributed by atoms with Gasteiger partial charge in [-0.05, 0) is 35.7 Å². The van der Waals surface area contributed by atoms with Gasteiger partial charge in [0.15, 0.2) is 0 Å². The van der Waals surface area contributed by atoms with Crippen molar-refractivity contribution in [2.24, 2.45) is 5.16 Å². The van der Waals surface area contributed by atoms with Crippen molar-refractivity contribution in [3.63, 3.8) is 0 Å². The highest BCUT2D eigenvalue weighted by Gasteiger charge is 2.31. The number of rotatable bonds is 10. The summed E-state index contributed by atoms with van der Waals surface area (Å²) in [5, 5.41) is 15.6. The molecule has 0 fully saturated rings. The van der Waals surface area contributed by atoms with Crippen LogP contribution >= 0.6 is 0 Å². The number of aliphatic carboxylic acids is 1. The molecule has 0 atom stereocenters. The second kappa shape index (κ2) is 10.5. The molecule has 6 nitrogen and oxygen atoms in total. The third kappa shape index (κ3) is 8.65. The van der Waals surface area contributed by atoms with Crippen molar-refractivity contribution in [3.8, 4) is 5.75 Å². The lowest BCUT2D eigenvalue weighted by Gasteiger charge is -2.10. The van der Waals surface area contributed by atoms with E-state index in [2.05, 4.69) is 15.2 Å². The van der Waals surface area contributed by atoms with E-state index < -0.39 is 12.3 Å². The van der Waals surface area contributed by atoms with E-state index in [9.17, 15) is 18.0 Å². The van der Waals surface area contributed by atoms with Gasteiger partial charge in [0.2, 0.25) is 0 Å². The average molecular weight is 410 g/mol. The first-order valence-electron chi connectivity index (χ1n) is 8.76. The first-order valence-corrected chi connectivity index (χ1v) is 8.76. The van der Waals surface area contributed by atoms with Crippen molar-refractivity contribution in [1.29, 1.82) is 0 Å². The predicted octanol–water partition coefficient (Wildman–Crippen LogP) is 4.09. The molecule has 0 saturated carbocycles. The van der Waals surface area contributed by atoms with Gasteiger partial charge in [-0.25, -0.2) is 0 Å². The van der Waals surface area contributed by atoms with Gasteiger partial charge >= 0.3 is 12.3 Å². The minimum Gasteiger partial charge on any atom is -0.481 e. The van der Waals surface area contributed by atoms with Gasteiger partial charge in [-0.3, -0.25) is 4.79 Å². The van der Waals surface area contributed by atoms with Crippen LogP contribution in [0.15, 0.2) is 53.7 Å². The zero-order chi connectivity index (χ0) is 21.3. The van der Waals surface area contributed by atoms with E-state index >= 15 is 0 Å². The molecule has 0 unspecified atom stereocenters. The lowest BCUT2D eigenvalue weighted by atomic mass is 10.1. The number of nitrogens with one attached hydrogen (secondary N) is 1. The average Bonchev–Trinajstić information content (AvgIpc) is 2.64. The third-order valence-electron chi connectivity index (χ3n) is 3.78. The molecule has 29 heavy (non-hydrogen) atoms. The molecular weight excluding hydrogens is 389 g/mol. The lowest BCUT2D eigenvalue weighted by Crippen LogP contribution is -2.17. The number of carboxylic acid groups (broad SMARTS) is 1. The summed E-state index contributed by atoms with van der Waals surface area (Å²) in [5.41, 5.74) is 2.92. The van der Waals surface area contributed by atoms with Crippen LogP contribution in [-0.2, 0) is 22.8 Å². The number of ether oxygens (including phenoxy) is 1. The maximum absolute atomic E-state index is 12.3. The van der Waals surface area contributed by atoms with Crippen LogP contribution in [0.3, 0.4) is 0 Å². The number of nitrogens with zero attached hydrogens (tertiary/aromatic N) is 1. The van der Waals surface area contributed by atoms with Crippen molar-refractivity contribution in [2.75, 3.05) is 6.54 Å². The van der Waals surface area contributed by atoms with Crippen molar-refractivity contribution >= 4 is 11.7 Å². The Labute approximate surface area is 165 Å². The highest BCUT2D eigenvalue weighted by molar-refractivity contribution is 5.98. The summed E-state index contributed by atoms with van der Waals surface area (Å²) in [4.78, 5) is 15.7. The molecular formula is C20H21F3N2O4. The normalized spacial score (nSPS) is 11.9. The van der Waals surface area contributed by atoms with Gasteiger partial charge in [0.05, 0.1) is 12.1 Å². The fourth-order valence-electron chi connectivity index (χ4n) is 2.38. The summed E-state index contributed by atoms with van der Waals surface area (Å²) >= 11 is 0. The van der Waals surface area contributed by atoms with Crippen LogP contribution in [0.1, 0.15) is 30.0 Å². The monoisotopic (exact) mass is 410 g/mol. The summed E-state index contributed by atoms with van der Waals surface area (Å²) < 4.78 is 40.7.